The van der Waals surface area contributed by atoms with Crippen molar-refractivity contribution in [1.82, 2.24) is 9.97 Å². The van der Waals surface area contributed by atoms with Crippen LogP contribution in [-0.4, -0.2) is 16.8 Å². The van der Waals surface area contributed by atoms with Crippen LogP contribution in [0.4, 0.5) is 5.82 Å². The standard InChI is InChI=1S/C12H9BrClN3O2/c13-8-1-7(2-10-11(8)19-6-18-10)3-16-12-9(14)4-15-5-17-12/h1-2,4-5H,3,6H2,(H,15,16,17). The Morgan fingerprint density at radius 2 is 2.26 bits per heavy atom. The molecule has 5 nitrogen and oxygen atoms in total. The van der Waals surface area contributed by atoms with Crippen LogP contribution in [0.25, 0.3) is 0 Å². The molecule has 0 fully saturated rings. The minimum absolute atomic E-state index is 0.253. The number of fused-ring (bicyclic) bond motifs is 1. The molecule has 1 N–H and O–H groups in total. The first-order valence-electron chi connectivity index (χ1n) is 5.51. The summed E-state index contributed by atoms with van der Waals surface area (Å²) in [6.45, 7) is 0.828. The summed E-state index contributed by atoms with van der Waals surface area (Å²) in [7, 11) is 0. The number of hydrogen-bond acceptors (Lipinski definition) is 5. The lowest BCUT2D eigenvalue weighted by Gasteiger charge is -2.08. The van der Waals surface area contributed by atoms with E-state index < -0.39 is 0 Å². The lowest BCUT2D eigenvalue weighted by atomic mass is 10.2. The summed E-state index contributed by atoms with van der Waals surface area (Å²) < 4.78 is 11.6. The van der Waals surface area contributed by atoms with Crippen LogP contribution in [0, 0.1) is 0 Å². The van der Waals surface area contributed by atoms with Gasteiger partial charge in [0.2, 0.25) is 6.79 Å². The summed E-state index contributed by atoms with van der Waals surface area (Å²) in [5.41, 5.74) is 1.03. The molecule has 1 aliphatic heterocycles. The Morgan fingerprint density at radius 1 is 1.37 bits per heavy atom. The van der Waals surface area contributed by atoms with Crippen LogP contribution in [0.15, 0.2) is 29.1 Å². The summed E-state index contributed by atoms with van der Waals surface area (Å²) in [5.74, 6) is 2.08. The van der Waals surface area contributed by atoms with Crippen LogP contribution in [0.2, 0.25) is 5.02 Å². The Bertz CT molecular complexity index is 624. The second kappa shape index (κ2) is 5.22. The second-order valence-electron chi connectivity index (χ2n) is 3.88. The summed E-state index contributed by atoms with van der Waals surface area (Å²) >= 11 is 9.43. The third-order valence-electron chi connectivity index (χ3n) is 2.61. The average molecular weight is 343 g/mol. The van der Waals surface area contributed by atoms with Gasteiger partial charge in [0.05, 0.1) is 10.7 Å². The van der Waals surface area contributed by atoms with Crippen LogP contribution in [-0.2, 0) is 6.54 Å². The number of nitrogens with zero attached hydrogens (tertiary/aromatic N) is 2. The molecule has 0 atom stereocenters. The van der Waals surface area contributed by atoms with Crippen LogP contribution >= 0.6 is 27.5 Å². The van der Waals surface area contributed by atoms with Crippen molar-refractivity contribution in [3.05, 3.63) is 39.7 Å². The Labute approximate surface area is 123 Å². The van der Waals surface area contributed by atoms with Gasteiger partial charge in [-0.3, -0.25) is 0 Å². The van der Waals surface area contributed by atoms with Crippen LogP contribution in [0.5, 0.6) is 11.5 Å². The van der Waals surface area contributed by atoms with E-state index in [9.17, 15) is 0 Å². The van der Waals surface area contributed by atoms with E-state index in [0.717, 1.165) is 21.5 Å². The van der Waals surface area contributed by atoms with Gasteiger partial charge in [-0.1, -0.05) is 11.6 Å². The van der Waals surface area contributed by atoms with Gasteiger partial charge in [0, 0.05) is 6.54 Å². The first-order valence-corrected chi connectivity index (χ1v) is 6.68. The molecule has 2 aromatic rings. The molecule has 0 bridgehead atoms. The molecule has 98 valence electrons. The molecule has 7 heteroatoms. The van der Waals surface area contributed by atoms with Crippen molar-refractivity contribution in [2.24, 2.45) is 0 Å². The first kappa shape index (κ1) is 12.5. The van der Waals surface area contributed by atoms with E-state index in [2.05, 4.69) is 31.2 Å². The van der Waals surface area contributed by atoms with Crippen LogP contribution in [0.3, 0.4) is 0 Å². The maximum Gasteiger partial charge on any atom is 0.231 e. The highest BCUT2D eigenvalue weighted by atomic mass is 79.9. The van der Waals surface area contributed by atoms with E-state index in [1.807, 2.05) is 12.1 Å². The third-order valence-corrected chi connectivity index (χ3v) is 3.48. The van der Waals surface area contributed by atoms with Gasteiger partial charge in [0.1, 0.15) is 17.2 Å². The van der Waals surface area contributed by atoms with Gasteiger partial charge in [-0.25, -0.2) is 9.97 Å². The first-order chi connectivity index (χ1) is 9.24. The van der Waals surface area contributed by atoms with E-state index in [4.69, 9.17) is 21.1 Å². The lowest BCUT2D eigenvalue weighted by molar-refractivity contribution is 0.173. The van der Waals surface area contributed by atoms with Gasteiger partial charge < -0.3 is 14.8 Å². The molecule has 0 aliphatic carbocycles. The molecule has 1 aliphatic rings. The molecule has 0 saturated heterocycles. The summed E-state index contributed by atoms with van der Waals surface area (Å²) in [5, 5.41) is 3.64. The Balaban J connectivity index is 1.78. The number of aromatic nitrogens is 2. The molecule has 0 amide bonds. The second-order valence-corrected chi connectivity index (χ2v) is 5.15. The van der Waals surface area contributed by atoms with Crippen molar-refractivity contribution in [1.29, 1.82) is 0 Å². The number of halogens is 2. The number of hydrogen-bond donors (Lipinski definition) is 1. The lowest BCUT2D eigenvalue weighted by Crippen LogP contribution is -2.02. The zero-order valence-electron chi connectivity index (χ0n) is 9.69. The van der Waals surface area contributed by atoms with E-state index in [0.29, 0.717) is 17.4 Å². The maximum atomic E-state index is 5.97. The fourth-order valence-electron chi connectivity index (χ4n) is 1.75. The average Bonchev–Trinajstić information content (AvgIpc) is 2.87. The van der Waals surface area contributed by atoms with Gasteiger partial charge >= 0.3 is 0 Å². The maximum absolute atomic E-state index is 5.97. The third kappa shape index (κ3) is 2.59. The monoisotopic (exact) mass is 341 g/mol. The van der Waals surface area contributed by atoms with Crippen molar-refractivity contribution in [2.75, 3.05) is 12.1 Å². The molecule has 2 heterocycles. The van der Waals surface area contributed by atoms with Crippen molar-refractivity contribution in [3.8, 4) is 11.5 Å². The Kier molecular flexibility index (Phi) is 3.44. The van der Waals surface area contributed by atoms with Crippen molar-refractivity contribution >= 4 is 33.3 Å². The van der Waals surface area contributed by atoms with E-state index in [1.165, 1.54) is 6.33 Å². The molecule has 3 rings (SSSR count). The van der Waals surface area contributed by atoms with Crippen molar-refractivity contribution in [3.63, 3.8) is 0 Å². The van der Waals surface area contributed by atoms with Gasteiger partial charge in [0.15, 0.2) is 11.5 Å². The number of benzene rings is 1. The van der Waals surface area contributed by atoms with Gasteiger partial charge in [0.25, 0.3) is 0 Å². The highest BCUT2D eigenvalue weighted by molar-refractivity contribution is 9.10. The van der Waals surface area contributed by atoms with Gasteiger partial charge in [-0.2, -0.15) is 0 Å². The van der Waals surface area contributed by atoms with E-state index in [1.54, 1.807) is 6.20 Å². The molecule has 0 spiro atoms. The topological polar surface area (TPSA) is 56.3 Å². The minimum atomic E-state index is 0.253. The van der Waals surface area contributed by atoms with E-state index >= 15 is 0 Å². The van der Waals surface area contributed by atoms with Crippen LogP contribution < -0.4 is 14.8 Å². The van der Waals surface area contributed by atoms with Crippen LogP contribution in [0.1, 0.15) is 5.56 Å². The van der Waals surface area contributed by atoms with E-state index in [-0.39, 0.29) is 6.79 Å². The molecule has 19 heavy (non-hydrogen) atoms. The summed E-state index contributed by atoms with van der Waals surface area (Å²) in [4.78, 5) is 7.90. The molecule has 0 unspecified atom stereocenters. The number of nitrogens with one attached hydrogen (secondary N) is 1. The molecule has 1 aromatic carbocycles. The Morgan fingerprint density at radius 3 is 3.11 bits per heavy atom. The molecular formula is C12H9BrClN3O2. The molecule has 0 saturated carbocycles. The van der Waals surface area contributed by atoms with Crippen molar-refractivity contribution < 1.29 is 9.47 Å². The Hall–Kier alpha value is -1.53. The molecular weight excluding hydrogens is 334 g/mol. The normalized spacial score (nSPS) is 12.5. The predicted octanol–water partition coefficient (Wildman–Crippen LogP) is 3.23. The zero-order chi connectivity index (χ0) is 13.2. The van der Waals surface area contributed by atoms with Crippen molar-refractivity contribution in [2.45, 2.75) is 6.54 Å². The molecule has 0 radical (unpaired) electrons. The van der Waals surface area contributed by atoms with Gasteiger partial charge in [-0.15, -0.1) is 0 Å². The zero-order valence-corrected chi connectivity index (χ0v) is 12.0. The summed E-state index contributed by atoms with van der Waals surface area (Å²) in [6, 6.07) is 3.89. The quantitative estimate of drug-likeness (QED) is 0.928. The number of rotatable bonds is 3. The minimum Gasteiger partial charge on any atom is -0.454 e. The largest absolute Gasteiger partial charge is 0.454 e. The highest BCUT2D eigenvalue weighted by Crippen LogP contribution is 2.40. The number of ether oxygens (including phenoxy) is 2. The fourth-order valence-corrected chi connectivity index (χ4v) is 2.53. The fraction of sp³-hybridized carbons (Fsp3) is 0.167. The smallest absolute Gasteiger partial charge is 0.231 e. The van der Waals surface area contributed by atoms with Gasteiger partial charge in [-0.05, 0) is 33.6 Å². The highest BCUT2D eigenvalue weighted by Gasteiger charge is 2.17. The summed E-state index contributed by atoms with van der Waals surface area (Å²) in [6.07, 6.45) is 3.00. The molecule has 1 aromatic heterocycles. The SMILES string of the molecule is Clc1cncnc1NCc1cc(Br)c2c(c1)OCO2. The predicted molar refractivity (Wildman–Crippen MR) is 74.6 cm³/mol. The number of anilines is 1.